The Hall–Kier alpha value is -0.590. The van der Waals surface area contributed by atoms with Gasteiger partial charge in [-0.1, -0.05) is 18.3 Å². The standard InChI is InChI=1S/C11H14N2OS3/c1-11(2)9(17-10(15)12(11)3)13(14)7-8-5-4-6-16-8/h4-7,9H,1-3H3/b13-7+/t9-/m0/s1. The van der Waals surface area contributed by atoms with Crippen molar-refractivity contribution >= 4 is 45.9 Å². The fourth-order valence-electron chi connectivity index (χ4n) is 1.64. The highest BCUT2D eigenvalue weighted by Gasteiger charge is 2.48. The molecule has 0 spiro atoms. The van der Waals surface area contributed by atoms with Crippen LogP contribution in [-0.2, 0) is 0 Å². The molecular formula is C11H14N2OS3. The van der Waals surface area contributed by atoms with E-state index < -0.39 is 0 Å². The summed E-state index contributed by atoms with van der Waals surface area (Å²) in [7, 11) is 1.94. The van der Waals surface area contributed by atoms with Gasteiger partial charge in [0, 0.05) is 7.05 Å². The van der Waals surface area contributed by atoms with Crippen molar-refractivity contribution in [3.05, 3.63) is 27.6 Å². The fourth-order valence-corrected chi connectivity index (χ4v) is 3.98. The number of nitrogens with zero attached hydrogens (tertiary/aromatic N) is 2. The van der Waals surface area contributed by atoms with Crippen LogP contribution in [0.2, 0.25) is 0 Å². The number of thiophene rings is 1. The van der Waals surface area contributed by atoms with E-state index in [1.807, 2.05) is 43.3 Å². The quantitative estimate of drug-likeness (QED) is 0.275. The molecule has 6 heteroatoms. The van der Waals surface area contributed by atoms with Crippen LogP contribution in [0.1, 0.15) is 18.7 Å². The van der Waals surface area contributed by atoms with Gasteiger partial charge >= 0.3 is 0 Å². The zero-order chi connectivity index (χ0) is 12.6. The minimum Gasteiger partial charge on any atom is -0.623 e. The van der Waals surface area contributed by atoms with Crippen LogP contribution in [0.25, 0.3) is 0 Å². The maximum absolute atomic E-state index is 12.2. The maximum Gasteiger partial charge on any atom is 0.238 e. The number of hydroxylamine groups is 1. The van der Waals surface area contributed by atoms with Gasteiger partial charge in [-0.15, -0.1) is 11.3 Å². The molecule has 0 aliphatic carbocycles. The van der Waals surface area contributed by atoms with Crippen LogP contribution in [0, 0.1) is 5.21 Å². The Kier molecular flexibility index (Phi) is 3.47. The molecule has 0 N–H and O–H groups in total. The molecule has 17 heavy (non-hydrogen) atoms. The van der Waals surface area contributed by atoms with Gasteiger partial charge < -0.3 is 10.1 Å². The molecule has 0 amide bonds. The van der Waals surface area contributed by atoms with Gasteiger partial charge in [-0.2, -0.15) is 4.74 Å². The van der Waals surface area contributed by atoms with Gasteiger partial charge in [0.2, 0.25) is 5.37 Å². The number of rotatable bonds is 2. The van der Waals surface area contributed by atoms with E-state index in [4.69, 9.17) is 12.2 Å². The van der Waals surface area contributed by atoms with Crippen LogP contribution in [0.4, 0.5) is 0 Å². The molecule has 0 unspecified atom stereocenters. The molecule has 1 aliphatic rings. The Morgan fingerprint density at radius 2 is 2.29 bits per heavy atom. The van der Waals surface area contributed by atoms with Crippen LogP contribution in [-0.4, -0.2) is 38.1 Å². The molecule has 1 aliphatic heterocycles. The molecule has 1 atom stereocenters. The maximum atomic E-state index is 12.2. The van der Waals surface area contributed by atoms with Crippen LogP contribution in [0.3, 0.4) is 0 Å². The first-order valence-corrected chi connectivity index (χ1v) is 7.38. The Bertz CT molecular complexity index is 453. The molecule has 3 nitrogen and oxygen atoms in total. The summed E-state index contributed by atoms with van der Waals surface area (Å²) in [6.07, 6.45) is 1.64. The van der Waals surface area contributed by atoms with Crippen molar-refractivity contribution < 1.29 is 4.74 Å². The van der Waals surface area contributed by atoms with Crippen molar-refractivity contribution in [1.82, 2.24) is 4.90 Å². The van der Waals surface area contributed by atoms with E-state index in [0.717, 1.165) is 13.9 Å². The summed E-state index contributed by atoms with van der Waals surface area (Å²) < 4.78 is 1.80. The van der Waals surface area contributed by atoms with E-state index in [1.165, 1.54) is 11.8 Å². The van der Waals surface area contributed by atoms with Crippen LogP contribution >= 0.6 is 35.3 Å². The van der Waals surface area contributed by atoms with Gasteiger partial charge in [0.05, 0.1) is 4.88 Å². The summed E-state index contributed by atoms with van der Waals surface area (Å²) in [5.41, 5.74) is -0.253. The predicted molar refractivity (Wildman–Crippen MR) is 78.9 cm³/mol. The lowest BCUT2D eigenvalue weighted by Crippen LogP contribution is -2.46. The van der Waals surface area contributed by atoms with E-state index in [2.05, 4.69) is 0 Å². The molecule has 1 saturated heterocycles. The highest BCUT2D eigenvalue weighted by Crippen LogP contribution is 2.38. The number of hydrogen-bond donors (Lipinski definition) is 0. The van der Waals surface area contributed by atoms with E-state index in [9.17, 15) is 5.21 Å². The highest BCUT2D eigenvalue weighted by atomic mass is 32.2. The second kappa shape index (κ2) is 4.59. The van der Waals surface area contributed by atoms with Crippen molar-refractivity contribution in [3.63, 3.8) is 0 Å². The highest BCUT2D eigenvalue weighted by molar-refractivity contribution is 8.23. The second-order valence-electron chi connectivity index (χ2n) is 4.45. The van der Waals surface area contributed by atoms with E-state index in [1.54, 1.807) is 17.6 Å². The zero-order valence-electron chi connectivity index (χ0n) is 9.91. The summed E-state index contributed by atoms with van der Waals surface area (Å²) >= 11 is 8.26. The Morgan fingerprint density at radius 1 is 1.59 bits per heavy atom. The fraction of sp³-hybridized carbons (Fsp3) is 0.455. The molecular weight excluding hydrogens is 272 g/mol. The van der Waals surface area contributed by atoms with Gasteiger partial charge in [-0.25, -0.2) is 0 Å². The third kappa shape index (κ3) is 2.34. The first-order valence-electron chi connectivity index (χ1n) is 5.21. The van der Waals surface area contributed by atoms with Crippen molar-refractivity contribution in [2.24, 2.45) is 0 Å². The monoisotopic (exact) mass is 286 g/mol. The Morgan fingerprint density at radius 3 is 2.76 bits per heavy atom. The largest absolute Gasteiger partial charge is 0.623 e. The number of thioether (sulfide) groups is 1. The molecule has 2 heterocycles. The molecule has 0 radical (unpaired) electrons. The second-order valence-corrected chi connectivity index (χ2v) is 7.15. The third-order valence-corrected chi connectivity index (χ3v) is 5.84. The smallest absolute Gasteiger partial charge is 0.238 e. The van der Waals surface area contributed by atoms with E-state index in [-0.39, 0.29) is 10.9 Å². The van der Waals surface area contributed by atoms with Crippen LogP contribution in [0.15, 0.2) is 17.5 Å². The average molecular weight is 286 g/mol. The lowest BCUT2D eigenvalue weighted by atomic mass is 10.0. The molecule has 0 aromatic carbocycles. The van der Waals surface area contributed by atoms with Gasteiger partial charge in [0.25, 0.3) is 0 Å². The summed E-state index contributed by atoms with van der Waals surface area (Å²) in [5, 5.41) is 13.9. The lowest BCUT2D eigenvalue weighted by Gasteiger charge is -2.30. The first-order chi connectivity index (χ1) is 7.93. The normalized spacial score (nSPS) is 24.4. The summed E-state index contributed by atoms with van der Waals surface area (Å²) in [6, 6.07) is 3.87. The van der Waals surface area contributed by atoms with Gasteiger partial charge in [-0.05, 0) is 37.1 Å². The minimum atomic E-state index is -0.253. The van der Waals surface area contributed by atoms with Crippen molar-refractivity contribution in [1.29, 1.82) is 0 Å². The Balaban J connectivity index is 2.27. The summed E-state index contributed by atoms with van der Waals surface area (Å²) in [5.74, 6) is 0. The minimum absolute atomic E-state index is 0.193. The van der Waals surface area contributed by atoms with Gasteiger partial charge in [-0.3, -0.25) is 0 Å². The SMILES string of the molecule is CN1C(=S)S[C@H](/[N+]([O-])=C\c2cccs2)C1(C)C. The van der Waals surface area contributed by atoms with Crippen molar-refractivity contribution in [2.45, 2.75) is 24.8 Å². The molecule has 1 aromatic rings. The molecule has 92 valence electrons. The number of hydrogen-bond acceptors (Lipinski definition) is 4. The third-order valence-electron chi connectivity index (χ3n) is 2.98. The Labute approximate surface area is 115 Å². The molecule has 0 bridgehead atoms. The van der Waals surface area contributed by atoms with Gasteiger partial charge in [0.1, 0.15) is 9.86 Å². The average Bonchev–Trinajstić information content (AvgIpc) is 2.82. The topological polar surface area (TPSA) is 29.3 Å². The van der Waals surface area contributed by atoms with E-state index >= 15 is 0 Å². The summed E-state index contributed by atoms with van der Waals surface area (Å²) in [6.45, 7) is 4.08. The van der Waals surface area contributed by atoms with Gasteiger partial charge in [0.15, 0.2) is 6.21 Å². The summed E-state index contributed by atoms with van der Waals surface area (Å²) in [4.78, 5) is 2.96. The number of likely N-dealkylation sites (N-methyl/N-ethyl adjacent to an activating group) is 1. The molecule has 1 aromatic heterocycles. The zero-order valence-corrected chi connectivity index (χ0v) is 12.4. The van der Waals surface area contributed by atoms with Crippen molar-refractivity contribution in [3.8, 4) is 0 Å². The first kappa shape index (κ1) is 12.9. The molecule has 0 saturated carbocycles. The lowest BCUT2D eigenvalue weighted by molar-refractivity contribution is -0.480. The molecule has 1 fully saturated rings. The predicted octanol–water partition coefficient (Wildman–Crippen LogP) is 2.75. The van der Waals surface area contributed by atoms with E-state index in [0.29, 0.717) is 0 Å². The molecule has 2 rings (SSSR count). The number of thiocarbonyl (C=S) groups is 1. The van der Waals surface area contributed by atoms with Crippen LogP contribution < -0.4 is 0 Å². The van der Waals surface area contributed by atoms with Crippen molar-refractivity contribution in [2.75, 3.05) is 7.05 Å². The van der Waals surface area contributed by atoms with Crippen LogP contribution in [0.5, 0.6) is 0 Å².